The van der Waals surface area contributed by atoms with Crippen molar-refractivity contribution in [1.29, 1.82) is 0 Å². The molecule has 376 valence electrons. The first-order valence-corrected chi connectivity index (χ1v) is 28.6. The molecule has 11 heteroatoms. The second-order valence-corrected chi connectivity index (χ2v) is 23.9. The highest BCUT2D eigenvalue weighted by Gasteiger charge is 2.62. The number of nitrogens with zero attached hydrogens (tertiary/aromatic N) is 2. The van der Waals surface area contributed by atoms with Crippen LogP contribution in [0.2, 0.25) is 19.6 Å². The number of β-lactam (4-membered cyclic amide) rings is 2. The van der Waals surface area contributed by atoms with Gasteiger partial charge < -0.3 is 24.3 Å². The monoisotopic (exact) mass is 914 g/mol. The Morgan fingerprint density at radius 2 is 1.25 bits per heavy atom. The van der Waals surface area contributed by atoms with E-state index in [9.17, 15) is 14.4 Å². The summed E-state index contributed by atoms with van der Waals surface area (Å²) < 4.78 is 14.7. The lowest BCUT2D eigenvalue weighted by Crippen LogP contribution is -2.73. The summed E-state index contributed by atoms with van der Waals surface area (Å²) in [6.07, 6.45) is 18.1. The Morgan fingerprint density at radius 1 is 0.746 bits per heavy atom. The van der Waals surface area contributed by atoms with Crippen molar-refractivity contribution in [2.45, 2.75) is 258 Å². The van der Waals surface area contributed by atoms with E-state index in [1.54, 1.807) is 0 Å². The number of nitrogens with one attached hydrogen (secondary N) is 1. The minimum Gasteiger partial charge on any atom is -0.499 e. The summed E-state index contributed by atoms with van der Waals surface area (Å²) >= 11 is 0. The molecule has 5 unspecified atom stereocenters. The van der Waals surface area contributed by atoms with Crippen LogP contribution in [0.3, 0.4) is 0 Å². The molecule has 2 amide bonds. The first-order chi connectivity index (χ1) is 29.2. The summed E-state index contributed by atoms with van der Waals surface area (Å²) in [4.78, 5) is 39.7. The molecule has 2 N–H and O–H groups in total. The van der Waals surface area contributed by atoms with Crippen LogP contribution >= 0.6 is 0 Å². The number of carbonyl (C=O) groups is 3. The van der Waals surface area contributed by atoms with Crippen molar-refractivity contribution in [1.82, 2.24) is 10.2 Å². The highest BCUT2D eigenvalue weighted by molar-refractivity contribution is 6.75. The van der Waals surface area contributed by atoms with E-state index in [2.05, 4.69) is 120 Å². The van der Waals surface area contributed by atoms with Crippen molar-refractivity contribution in [2.24, 2.45) is 21.4 Å². The van der Waals surface area contributed by atoms with Gasteiger partial charge in [-0.05, 0) is 151 Å². The summed E-state index contributed by atoms with van der Waals surface area (Å²) in [5.74, 6) is 1.59. The zero-order chi connectivity index (χ0) is 50.1. The van der Waals surface area contributed by atoms with Crippen molar-refractivity contribution in [2.75, 3.05) is 26.9 Å². The Bertz CT molecular complexity index is 1280. The first kappa shape index (κ1) is 67.3. The quantitative estimate of drug-likeness (QED) is 0.0162. The summed E-state index contributed by atoms with van der Waals surface area (Å²) in [5.41, 5.74) is 2.60. The van der Waals surface area contributed by atoms with Crippen LogP contribution in [0.4, 0.5) is 0 Å². The van der Waals surface area contributed by atoms with Gasteiger partial charge in [-0.15, -0.1) is 0 Å². The number of unbranched alkanes of at least 4 members (excludes halogenated alkanes) is 5. The maximum atomic E-state index is 11.7. The van der Waals surface area contributed by atoms with Gasteiger partial charge in [0.1, 0.15) is 0 Å². The van der Waals surface area contributed by atoms with Gasteiger partial charge in [-0.25, -0.2) is 4.89 Å². The maximum Gasteiger partial charge on any atom is 0.308 e. The molecule has 2 aliphatic heterocycles. The van der Waals surface area contributed by atoms with Gasteiger partial charge in [0.25, 0.3) is 0 Å². The third kappa shape index (κ3) is 24.7. The molecule has 0 spiro atoms. The summed E-state index contributed by atoms with van der Waals surface area (Å²) in [7, 11) is 0.744. The molecule has 0 bridgehead atoms. The normalized spacial score (nSPS) is 23.3. The van der Waals surface area contributed by atoms with E-state index in [0.29, 0.717) is 19.1 Å². The lowest BCUT2D eigenvalue weighted by molar-refractivity contribution is -0.242. The average molecular weight is 915 g/mol. The number of hydrogen-bond acceptors (Lipinski definition) is 8. The number of carbonyl (C=O) groups excluding carboxylic acids is 3. The van der Waals surface area contributed by atoms with Crippen molar-refractivity contribution >= 4 is 31.7 Å². The number of likely N-dealkylation sites (tertiary alicyclic amines) is 1. The molecule has 5 atom stereocenters. The Kier molecular flexibility index (Phi) is 38.4. The van der Waals surface area contributed by atoms with E-state index >= 15 is 0 Å². The molecule has 0 aromatic carbocycles. The minimum atomic E-state index is -1.18. The van der Waals surface area contributed by atoms with Crippen LogP contribution in [-0.2, 0) is 28.7 Å². The molecule has 0 radical (unpaired) electrons. The van der Waals surface area contributed by atoms with E-state index in [-0.39, 0.29) is 39.7 Å². The number of ether oxygens (including phenoxy) is 2. The van der Waals surface area contributed by atoms with Crippen LogP contribution in [0.1, 0.15) is 227 Å². The molecule has 2 fully saturated rings. The van der Waals surface area contributed by atoms with Gasteiger partial charge in [-0.3, -0.25) is 19.6 Å². The third-order valence-corrected chi connectivity index (χ3v) is 14.3. The Morgan fingerprint density at radius 3 is 1.63 bits per heavy atom. The van der Waals surface area contributed by atoms with Crippen LogP contribution < -0.4 is 5.32 Å². The smallest absolute Gasteiger partial charge is 0.308 e. The number of amides is 2. The third-order valence-electron chi connectivity index (χ3n) is 13.3. The fraction of sp³-hybridized carbons (Fsp3) is 0.885. The van der Waals surface area contributed by atoms with Gasteiger partial charge >= 0.3 is 5.97 Å². The Labute approximate surface area is 392 Å². The van der Waals surface area contributed by atoms with Crippen LogP contribution in [0.25, 0.3) is 0 Å². The van der Waals surface area contributed by atoms with Crippen molar-refractivity contribution in [3.63, 3.8) is 0 Å². The van der Waals surface area contributed by atoms with Crippen LogP contribution in [0.5, 0.6) is 0 Å². The summed E-state index contributed by atoms with van der Waals surface area (Å²) in [5, 5.41) is 10.9. The first-order valence-electron chi connectivity index (χ1n) is 25.1. The van der Waals surface area contributed by atoms with Crippen LogP contribution in [0.15, 0.2) is 16.0 Å². The van der Waals surface area contributed by atoms with Crippen molar-refractivity contribution in [3.8, 4) is 0 Å². The zero-order valence-electron chi connectivity index (χ0n) is 45.8. The van der Waals surface area contributed by atoms with E-state index in [0.717, 1.165) is 70.2 Å². The van der Waals surface area contributed by atoms with Crippen molar-refractivity contribution < 1.29 is 34.0 Å². The molecule has 0 aliphatic carbocycles. The van der Waals surface area contributed by atoms with Gasteiger partial charge in [-0.1, -0.05) is 107 Å². The number of esters is 1. The molecular formula is C52H107N3O7Si. The number of hydrogen-bond donors (Lipinski definition) is 2. The molecular weight excluding hydrogens is 807 g/mol. The molecule has 2 rings (SSSR count). The highest BCUT2D eigenvalue weighted by Crippen LogP contribution is 2.52. The molecule has 63 heavy (non-hydrogen) atoms. The van der Waals surface area contributed by atoms with Gasteiger partial charge in [0, 0.05) is 7.05 Å². The number of rotatable bonds is 22. The predicted molar refractivity (Wildman–Crippen MR) is 274 cm³/mol. The van der Waals surface area contributed by atoms with E-state index in [1.807, 2.05) is 46.6 Å². The van der Waals surface area contributed by atoms with Gasteiger partial charge in [0.15, 0.2) is 8.24 Å². The molecule has 2 saturated heterocycles. The number of allylic oxidation sites excluding steroid dienone is 2. The van der Waals surface area contributed by atoms with E-state index in [4.69, 9.17) is 19.4 Å². The predicted octanol–water partition coefficient (Wildman–Crippen LogP) is 14.8. The highest BCUT2D eigenvalue weighted by atomic mass is 28.3. The van der Waals surface area contributed by atoms with E-state index in [1.165, 1.54) is 56.2 Å². The largest absolute Gasteiger partial charge is 0.499 e. The van der Waals surface area contributed by atoms with Gasteiger partial charge in [-0.2, -0.15) is 0 Å². The van der Waals surface area contributed by atoms with E-state index < -0.39 is 8.24 Å². The second kappa shape index (κ2) is 35.9. The molecule has 10 nitrogen and oxygen atoms in total. The fourth-order valence-corrected chi connectivity index (χ4v) is 8.84. The average Bonchev–Trinajstić information content (AvgIpc) is 3.24. The van der Waals surface area contributed by atoms with Gasteiger partial charge in [0.05, 0.1) is 53.4 Å². The topological polar surface area (TPSA) is 127 Å². The molecule has 0 saturated carbocycles. The maximum absolute atomic E-state index is 11.7. The lowest BCUT2D eigenvalue weighted by atomic mass is 9.59. The Hall–Kier alpha value is -2.24. The Balaban J connectivity index is -0.000000334. The van der Waals surface area contributed by atoms with Gasteiger partial charge in [0.2, 0.25) is 11.8 Å². The van der Waals surface area contributed by atoms with Crippen LogP contribution in [-0.4, -0.2) is 79.8 Å². The minimum absolute atomic E-state index is 0.0492. The summed E-state index contributed by atoms with van der Waals surface area (Å²) in [6, 6.07) is 0. The molecule has 2 heterocycles. The van der Waals surface area contributed by atoms with Crippen molar-refractivity contribution in [3.05, 3.63) is 11.3 Å². The molecule has 2 aliphatic rings. The lowest BCUT2D eigenvalue weighted by Gasteiger charge is -2.61. The zero-order valence-corrected chi connectivity index (χ0v) is 46.8. The summed E-state index contributed by atoms with van der Waals surface area (Å²) in [6.45, 7) is 46.2. The molecule has 0 aromatic heterocycles. The fourth-order valence-electron chi connectivity index (χ4n) is 7.58. The second-order valence-electron chi connectivity index (χ2n) is 19.3. The van der Waals surface area contributed by atoms with Crippen LogP contribution in [0, 0.1) is 16.7 Å². The molecule has 0 aromatic rings. The SMILES string of the molecule is CCCC1(C)N(C)C(=O)C1(C)CC.CCCC1(C)NC(=O)C1(C)CC.CCCCC(C)=N[Si](C)(C)C.CCCCCCCOO.CCO/C(C)=C(/C)CC.CCOC(=O)C(C)CC. The standard InChI is InChI=1S/C11H21NO.C10H19NO.C9H21NSi.C8H16O.C7H14O2.C7H16O2/c1-6-8-11(4)10(3,7-2)9(13)12(11)5;1-5-7-10(4)9(3,6-2)8(12)11-10;1-6-7-8-9(2)10-11(3,4)5;1-5-7(3)8(4)9-6-2;1-4-6(3)7(8)9-5-2;1-2-3-4-5-6-7-9-8/h6-8H2,1-5H3;5-7H2,1-4H3,(H,11,12);6-8H2,1-5H3;5-6H2,1-4H3;6H,4-5H2,1-3H3;8H,2-7H2,1H3/b;;;8-7-;;.